The van der Waals surface area contributed by atoms with Gasteiger partial charge in [0.05, 0.1) is 0 Å². The highest BCUT2D eigenvalue weighted by molar-refractivity contribution is 5.88. The summed E-state index contributed by atoms with van der Waals surface area (Å²) >= 11 is 0. The molecule has 0 rings (SSSR count). The van der Waals surface area contributed by atoms with E-state index in [1.807, 2.05) is 0 Å². The third-order valence-electron chi connectivity index (χ3n) is 1.48. The summed E-state index contributed by atoms with van der Waals surface area (Å²) in [7, 11) is 1.33. The van der Waals surface area contributed by atoms with Crippen molar-refractivity contribution in [3.63, 3.8) is 0 Å². The average molecular weight is 203 g/mol. The van der Waals surface area contributed by atoms with Crippen molar-refractivity contribution in [1.29, 1.82) is 0 Å². The number of nitrogens with one attached hydrogen (secondary N) is 1. The van der Waals surface area contributed by atoms with Crippen molar-refractivity contribution in [2.45, 2.75) is 13.0 Å². The lowest BCUT2D eigenvalue weighted by Crippen LogP contribution is -2.48. The fourth-order valence-electron chi connectivity index (χ4n) is 0.887. The maximum atomic E-state index is 11.3. The Morgan fingerprint density at radius 3 is 2.36 bits per heavy atom. The number of carbonyl (C=O) groups is 3. The number of nitrogens with two attached hydrogens (primary N) is 1. The number of hydrogen-bond acceptors (Lipinski definition) is 3. The molecule has 0 aromatic heterocycles. The minimum Gasteiger partial charge on any atom is -0.480 e. The second-order valence-corrected chi connectivity index (χ2v) is 2.82. The fraction of sp³-hybridized carbons (Fsp3) is 0.571. The Bertz CT molecular complexity index is 229. The summed E-state index contributed by atoms with van der Waals surface area (Å²) in [6.07, 6.45) is 0. The summed E-state index contributed by atoms with van der Waals surface area (Å²) in [4.78, 5) is 32.9. The summed E-state index contributed by atoms with van der Waals surface area (Å²) in [6, 6.07) is -1.65. The molecule has 0 aromatic rings. The van der Waals surface area contributed by atoms with E-state index in [2.05, 4.69) is 5.32 Å². The van der Waals surface area contributed by atoms with Gasteiger partial charge in [0, 0.05) is 7.05 Å². The van der Waals surface area contributed by atoms with Crippen LogP contribution in [0.15, 0.2) is 0 Å². The topological polar surface area (TPSA) is 113 Å². The zero-order valence-corrected chi connectivity index (χ0v) is 7.98. The molecule has 0 aliphatic rings. The molecular weight excluding hydrogens is 190 g/mol. The summed E-state index contributed by atoms with van der Waals surface area (Å²) in [5.41, 5.74) is 4.80. The molecule has 0 saturated carbocycles. The number of urea groups is 1. The molecule has 0 aliphatic heterocycles. The first kappa shape index (κ1) is 12.2. The van der Waals surface area contributed by atoms with Crippen molar-refractivity contribution in [2.75, 3.05) is 13.6 Å². The van der Waals surface area contributed by atoms with Crippen molar-refractivity contribution >= 4 is 17.9 Å². The quantitative estimate of drug-likeness (QED) is 0.520. The van der Waals surface area contributed by atoms with Gasteiger partial charge in [0.25, 0.3) is 0 Å². The zero-order valence-electron chi connectivity index (χ0n) is 7.98. The molecule has 4 N–H and O–H groups in total. The van der Waals surface area contributed by atoms with Gasteiger partial charge in [0.2, 0.25) is 5.91 Å². The third-order valence-corrected chi connectivity index (χ3v) is 1.48. The van der Waals surface area contributed by atoms with Crippen LogP contribution in [0.1, 0.15) is 6.92 Å². The number of aliphatic carboxylic acids is 1. The molecule has 7 heteroatoms. The molecule has 0 radical (unpaired) electrons. The first-order valence-electron chi connectivity index (χ1n) is 3.87. The van der Waals surface area contributed by atoms with E-state index in [9.17, 15) is 14.4 Å². The van der Waals surface area contributed by atoms with E-state index in [4.69, 9.17) is 10.8 Å². The molecule has 0 bridgehead atoms. The SMILES string of the molecule is CC(NC(N)=O)C(=O)N(C)CC(=O)O. The minimum atomic E-state index is -1.12. The van der Waals surface area contributed by atoms with Gasteiger partial charge in [-0.1, -0.05) is 0 Å². The molecule has 3 amide bonds. The van der Waals surface area contributed by atoms with Gasteiger partial charge in [0.1, 0.15) is 12.6 Å². The van der Waals surface area contributed by atoms with Crippen LogP contribution in [0, 0.1) is 0 Å². The van der Waals surface area contributed by atoms with E-state index in [-0.39, 0.29) is 0 Å². The highest BCUT2D eigenvalue weighted by atomic mass is 16.4. The van der Waals surface area contributed by atoms with E-state index in [1.165, 1.54) is 14.0 Å². The Balaban J connectivity index is 4.16. The summed E-state index contributed by atoms with van der Waals surface area (Å²) < 4.78 is 0. The molecule has 0 fully saturated rings. The van der Waals surface area contributed by atoms with Crippen LogP contribution >= 0.6 is 0 Å². The number of hydrogen-bond donors (Lipinski definition) is 3. The molecule has 14 heavy (non-hydrogen) atoms. The van der Waals surface area contributed by atoms with Crippen LogP contribution in [-0.2, 0) is 9.59 Å². The lowest BCUT2D eigenvalue weighted by molar-refractivity contribution is -0.143. The number of rotatable bonds is 4. The second-order valence-electron chi connectivity index (χ2n) is 2.82. The number of primary amides is 1. The fourth-order valence-corrected chi connectivity index (χ4v) is 0.887. The Kier molecular flexibility index (Phi) is 4.41. The van der Waals surface area contributed by atoms with Gasteiger partial charge in [-0.25, -0.2) is 4.79 Å². The number of amides is 3. The van der Waals surface area contributed by atoms with Crippen molar-refractivity contribution in [3.8, 4) is 0 Å². The van der Waals surface area contributed by atoms with E-state index >= 15 is 0 Å². The monoisotopic (exact) mass is 203 g/mol. The molecular formula is C7H13N3O4. The van der Waals surface area contributed by atoms with Gasteiger partial charge >= 0.3 is 12.0 Å². The molecule has 0 aliphatic carbocycles. The third kappa shape index (κ3) is 4.29. The minimum absolute atomic E-state index is 0.413. The molecule has 0 saturated heterocycles. The van der Waals surface area contributed by atoms with Crippen LogP contribution in [-0.4, -0.2) is 47.5 Å². The Labute approximate surface area is 80.9 Å². The second kappa shape index (κ2) is 5.05. The first-order valence-corrected chi connectivity index (χ1v) is 3.87. The van der Waals surface area contributed by atoms with Crippen molar-refractivity contribution in [1.82, 2.24) is 10.2 Å². The highest BCUT2D eigenvalue weighted by Crippen LogP contribution is 1.91. The van der Waals surface area contributed by atoms with Crippen LogP contribution in [0.3, 0.4) is 0 Å². The van der Waals surface area contributed by atoms with Crippen LogP contribution in [0.5, 0.6) is 0 Å². The molecule has 0 aromatic carbocycles. The summed E-state index contributed by atoms with van der Waals surface area (Å²) in [6.45, 7) is 1.01. The molecule has 7 nitrogen and oxygen atoms in total. The molecule has 0 heterocycles. The van der Waals surface area contributed by atoms with Crippen LogP contribution < -0.4 is 11.1 Å². The summed E-state index contributed by atoms with van der Waals surface area (Å²) in [5, 5.41) is 10.5. The van der Waals surface area contributed by atoms with E-state index in [0.29, 0.717) is 0 Å². The average Bonchev–Trinajstić information content (AvgIpc) is 2.00. The van der Waals surface area contributed by atoms with Gasteiger partial charge in [-0.3, -0.25) is 9.59 Å². The lowest BCUT2D eigenvalue weighted by Gasteiger charge is -2.19. The summed E-state index contributed by atoms with van der Waals surface area (Å²) in [5.74, 6) is -1.63. The zero-order chi connectivity index (χ0) is 11.3. The highest BCUT2D eigenvalue weighted by Gasteiger charge is 2.19. The molecule has 0 spiro atoms. The number of carboxylic acid groups (broad SMARTS) is 1. The molecule has 1 unspecified atom stereocenters. The molecule has 1 atom stereocenters. The van der Waals surface area contributed by atoms with Crippen molar-refractivity contribution < 1.29 is 19.5 Å². The number of likely N-dealkylation sites (N-methyl/N-ethyl adjacent to an activating group) is 1. The van der Waals surface area contributed by atoms with Gasteiger partial charge < -0.3 is 21.1 Å². The number of nitrogens with zero attached hydrogens (tertiary/aromatic N) is 1. The van der Waals surface area contributed by atoms with E-state index in [0.717, 1.165) is 4.90 Å². The maximum Gasteiger partial charge on any atom is 0.323 e. The van der Waals surface area contributed by atoms with Gasteiger partial charge in [-0.05, 0) is 6.92 Å². The maximum absolute atomic E-state index is 11.3. The van der Waals surface area contributed by atoms with E-state index in [1.54, 1.807) is 0 Å². The standard InChI is InChI=1S/C7H13N3O4/c1-4(9-7(8)14)6(13)10(2)3-5(11)12/h4H,3H2,1-2H3,(H,11,12)(H3,8,9,14). The van der Waals surface area contributed by atoms with Crippen molar-refractivity contribution in [2.24, 2.45) is 5.73 Å². The number of carbonyl (C=O) groups excluding carboxylic acids is 2. The molecule has 80 valence electrons. The van der Waals surface area contributed by atoms with Crippen LogP contribution in [0.25, 0.3) is 0 Å². The lowest BCUT2D eigenvalue weighted by atomic mass is 10.3. The van der Waals surface area contributed by atoms with Crippen LogP contribution in [0.4, 0.5) is 4.79 Å². The normalized spacial score (nSPS) is 11.6. The Morgan fingerprint density at radius 2 is 2.00 bits per heavy atom. The predicted octanol–water partition coefficient (Wildman–Crippen LogP) is -1.41. The Morgan fingerprint density at radius 1 is 1.50 bits per heavy atom. The number of carboxylic acids is 1. The smallest absolute Gasteiger partial charge is 0.323 e. The van der Waals surface area contributed by atoms with E-state index < -0.39 is 30.5 Å². The van der Waals surface area contributed by atoms with Gasteiger partial charge in [0.15, 0.2) is 0 Å². The van der Waals surface area contributed by atoms with Crippen LogP contribution in [0.2, 0.25) is 0 Å². The first-order chi connectivity index (χ1) is 6.34. The predicted molar refractivity (Wildman–Crippen MR) is 47.5 cm³/mol. The largest absolute Gasteiger partial charge is 0.480 e. The van der Waals surface area contributed by atoms with Gasteiger partial charge in [-0.15, -0.1) is 0 Å². The Hall–Kier alpha value is -1.79. The van der Waals surface area contributed by atoms with Gasteiger partial charge in [-0.2, -0.15) is 0 Å². The van der Waals surface area contributed by atoms with Crippen molar-refractivity contribution in [3.05, 3.63) is 0 Å².